The molecule has 0 saturated carbocycles. The van der Waals surface area contributed by atoms with E-state index in [0.29, 0.717) is 22.2 Å². The molecule has 2 aromatic rings. The van der Waals surface area contributed by atoms with Crippen LogP contribution in [0.3, 0.4) is 0 Å². The third kappa shape index (κ3) is 4.24. The predicted molar refractivity (Wildman–Crippen MR) is 107 cm³/mol. The number of methoxy groups -OCH3 is 2. The summed E-state index contributed by atoms with van der Waals surface area (Å²) in [5.41, 5.74) is 0.204. The van der Waals surface area contributed by atoms with E-state index < -0.39 is 16.7 Å². The van der Waals surface area contributed by atoms with Gasteiger partial charge < -0.3 is 19.7 Å². The van der Waals surface area contributed by atoms with Gasteiger partial charge in [0, 0.05) is 30.1 Å². The van der Waals surface area contributed by atoms with Crippen molar-refractivity contribution in [1.82, 2.24) is 0 Å². The normalized spacial score (nSPS) is 15.9. The van der Waals surface area contributed by atoms with Crippen LogP contribution in [0.2, 0.25) is 5.02 Å². The highest BCUT2D eigenvalue weighted by molar-refractivity contribution is 6.31. The molecule has 3 rings (SSSR count). The van der Waals surface area contributed by atoms with Crippen molar-refractivity contribution >= 4 is 40.5 Å². The molecule has 10 heteroatoms. The largest absolute Gasteiger partial charge is 0.497 e. The van der Waals surface area contributed by atoms with Gasteiger partial charge in [0.2, 0.25) is 11.8 Å². The lowest BCUT2D eigenvalue weighted by atomic mass is 10.1. The Labute approximate surface area is 171 Å². The van der Waals surface area contributed by atoms with Crippen molar-refractivity contribution in [3.05, 3.63) is 51.5 Å². The smallest absolute Gasteiger partial charge is 0.293 e. The highest BCUT2D eigenvalue weighted by Gasteiger charge is 2.37. The summed E-state index contributed by atoms with van der Waals surface area (Å²) in [6.07, 6.45) is -0.0424. The summed E-state index contributed by atoms with van der Waals surface area (Å²) in [6, 6.07) is 8.90. The van der Waals surface area contributed by atoms with Gasteiger partial charge in [-0.2, -0.15) is 0 Å². The first-order valence-corrected chi connectivity index (χ1v) is 8.99. The Hall–Kier alpha value is -3.33. The third-order valence-corrected chi connectivity index (χ3v) is 4.82. The second-order valence-electron chi connectivity index (χ2n) is 6.35. The maximum Gasteiger partial charge on any atom is 0.293 e. The number of nitrogens with one attached hydrogen (secondary N) is 1. The number of nitro groups is 1. The molecule has 1 atom stereocenters. The molecular formula is C19H18ClN3O6. The number of halogens is 1. The molecule has 0 bridgehead atoms. The van der Waals surface area contributed by atoms with Gasteiger partial charge in [0.15, 0.2) is 0 Å². The van der Waals surface area contributed by atoms with Crippen LogP contribution in [0, 0.1) is 16.0 Å². The summed E-state index contributed by atoms with van der Waals surface area (Å²) < 4.78 is 10.3. The number of nitro benzene ring substituents is 1. The van der Waals surface area contributed by atoms with Gasteiger partial charge in [-0.05, 0) is 24.3 Å². The van der Waals surface area contributed by atoms with E-state index in [9.17, 15) is 19.7 Å². The minimum atomic E-state index is -0.697. The summed E-state index contributed by atoms with van der Waals surface area (Å²) in [6.45, 7) is 0.0964. The molecule has 0 unspecified atom stereocenters. The fourth-order valence-corrected chi connectivity index (χ4v) is 3.29. The molecular weight excluding hydrogens is 402 g/mol. The highest BCUT2D eigenvalue weighted by atomic mass is 35.5. The molecule has 0 aliphatic carbocycles. The van der Waals surface area contributed by atoms with E-state index in [2.05, 4.69) is 5.32 Å². The Morgan fingerprint density at radius 3 is 2.66 bits per heavy atom. The Bertz CT molecular complexity index is 980. The summed E-state index contributed by atoms with van der Waals surface area (Å²) in [5.74, 6) is -0.660. The Kier molecular flexibility index (Phi) is 5.88. The monoisotopic (exact) mass is 419 g/mol. The molecule has 152 valence electrons. The fraction of sp³-hybridized carbons (Fsp3) is 0.263. The lowest BCUT2D eigenvalue weighted by Gasteiger charge is -2.20. The molecule has 2 amide bonds. The Morgan fingerprint density at radius 1 is 1.24 bits per heavy atom. The fourth-order valence-electron chi connectivity index (χ4n) is 3.13. The number of anilines is 2. The van der Waals surface area contributed by atoms with Gasteiger partial charge in [-0.1, -0.05) is 11.6 Å². The number of carbonyl (C=O) groups is 2. The summed E-state index contributed by atoms with van der Waals surface area (Å²) >= 11 is 6.03. The van der Waals surface area contributed by atoms with Crippen molar-refractivity contribution in [2.75, 3.05) is 31.0 Å². The zero-order chi connectivity index (χ0) is 21.1. The second kappa shape index (κ2) is 8.36. The van der Waals surface area contributed by atoms with Gasteiger partial charge in [0.1, 0.15) is 17.2 Å². The van der Waals surface area contributed by atoms with E-state index in [4.69, 9.17) is 21.1 Å². The summed E-state index contributed by atoms with van der Waals surface area (Å²) in [4.78, 5) is 37.3. The first-order valence-electron chi connectivity index (χ1n) is 8.61. The van der Waals surface area contributed by atoms with Crippen LogP contribution in [0.1, 0.15) is 6.42 Å². The number of hydrogen-bond acceptors (Lipinski definition) is 6. The summed E-state index contributed by atoms with van der Waals surface area (Å²) in [7, 11) is 2.89. The van der Waals surface area contributed by atoms with Crippen LogP contribution in [-0.4, -0.2) is 37.5 Å². The molecule has 1 aliphatic rings. The average Bonchev–Trinajstić information content (AvgIpc) is 3.09. The van der Waals surface area contributed by atoms with Crippen molar-refractivity contribution in [3.8, 4) is 11.5 Å². The van der Waals surface area contributed by atoms with Gasteiger partial charge in [-0.15, -0.1) is 0 Å². The van der Waals surface area contributed by atoms with E-state index in [0.717, 1.165) is 0 Å². The van der Waals surface area contributed by atoms with Gasteiger partial charge in [0.25, 0.3) is 5.69 Å². The standard InChI is InChI=1S/C19H18ClN3O6/c1-28-13-4-5-15(23(26)27)14(9-13)21-19(25)11-7-18(24)22(10-11)16-8-12(20)3-6-17(16)29-2/h3-6,8-9,11H,7,10H2,1-2H3,(H,21,25)/t11-/m1/s1. The van der Waals surface area contributed by atoms with Crippen molar-refractivity contribution in [2.24, 2.45) is 5.92 Å². The van der Waals surface area contributed by atoms with Gasteiger partial charge >= 0.3 is 0 Å². The Morgan fingerprint density at radius 2 is 2.00 bits per heavy atom. The Balaban J connectivity index is 1.82. The average molecular weight is 420 g/mol. The minimum absolute atomic E-state index is 0.00517. The van der Waals surface area contributed by atoms with Crippen LogP contribution in [-0.2, 0) is 9.59 Å². The van der Waals surface area contributed by atoms with Gasteiger partial charge in [0.05, 0.1) is 30.7 Å². The molecule has 0 spiro atoms. The van der Waals surface area contributed by atoms with Crippen LogP contribution in [0.15, 0.2) is 36.4 Å². The molecule has 29 heavy (non-hydrogen) atoms. The number of hydrogen-bond donors (Lipinski definition) is 1. The van der Waals surface area contributed by atoms with E-state index in [1.807, 2.05) is 0 Å². The SMILES string of the molecule is COc1ccc([N+](=O)[O-])c(NC(=O)[C@@H]2CC(=O)N(c3cc(Cl)ccc3OC)C2)c1. The number of amides is 2. The number of carbonyl (C=O) groups excluding carboxylic acids is 2. The maximum absolute atomic E-state index is 12.7. The van der Waals surface area contributed by atoms with Crippen molar-refractivity contribution in [1.29, 1.82) is 0 Å². The first-order chi connectivity index (χ1) is 13.8. The minimum Gasteiger partial charge on any atom is -0.497 e. The van der Waals surface area contributed by atoms with Crippen molar-refractivity contribution in [3.63, 3.8) is 0 Å². The first kappa shape index (κ1) is 20.4. The third-order valence-electron chi connectivity index (χ3n) is 4.59. The van der Waals surface area contributed by atoms with E-state index in [1.165, 1.54) is 37.3 Å². The molecule has 2 aromatic carbocycles. The van der Waals surface area contributed by atoms with Crippen LogP contribution in [0.5, 0.6) is 11.5 Å². The van der Waals surface area contributed by atoms with Crippen LogP contribution in [0.4, 0.5) is 17.1 Å². The number of nitrogens with zero attached hydrogens (tertiary/aromatic N) is 2. The van der Waals surface area contributed by atoms with Gasteiger partial charge in [-0.3, -0.25) is 19.7 Å². The number of benzene rings is 2. The zero-order valence-corrected chi connectivity index (χ0v) is 16.4. The van der Waals surface area contributed by atoms with E-state index in [1.54, 1.807) is 18.2 Å². The molecule has 1 N–H and O–H groups in total. The number of rotatable bonds is 6. The molecule has 1 fully saturated rings. The van der Waals surface area contributed by atoms with E-state index >= 15 is 0 Å². The van der Waals surface area contributed by atoms with Crippen LogP contribution < -0.4 is 19.7 Å². The summed E-state index contributed by atoms with van der Waals surface area (Å²) in [5, 5.41) is 14.2. The molecule has 1 heterocycles. The topological polar surface area (TPSA) is 111 Å². The quantitative estimate of drug-likeness (QED) is 0.568. The molecule has 1 aliphatic heterocycles. The van der Waals surface area contributed by atoms with Crippen molar-refractivity contribution in [2.45, 2.75) is 6.42 Å². The van der Waals surface area contributed by atoms with Crippen molar-refractivity contribution < 1.29 is 24.0 Å². The lowest BCUT2D eigenvalue weighted by Crippen LogP contribution is -2.28. The van der Waals surface area contributed by atoms with E-state index in [-0.39, 0.29) is 30.2 Å². The van der Waals surface area contributed by atoms with Crippen LogP contribution >= 0.6 is 11.6 Å². The molecule has 9 nitrogen and oxygen atoms in total. The molecule has 1 saturated heterocycles. The van der Waals surface area contributed by atoms with Gasteiger partial charge in [-0.25, -0.2) is 0 Å². The molecule has 0 radical (unpaired) electrons. The zero-order valence-electron chi connectivity index (χ0n) is 15.7. The predicted octanol–water partition coefficient (Wildman–Crippen LogP) is 3.26. The second-order valence-corrected chi connectivity index (χ2v) is 6.79. The maximum atomic E-state index is 12.7. The van der Waals surface area contributed by atoms with Crippen LogP contribution in [0.25, 0.3) is 0 Å². The lowest BCUT2D eigenvalue weighted by molar-refractivity contribution is -0.383. The molecule has 0 aromatic heterocycles. The highest BCUT2D eigenvalue weighted by Crippen LogP contribution is 2.36. The number of ether oxygens (including phenoxy) is 2.